The van der Waals surface area contributed by atoms with Gasteiger partial charge in [0.1, 0.15) is 0 Å². The molecule has 0 aromatic heterocycles. The van der Waals surface area contributed by atoms with Gasteiger partial charge in [0.15, 0.2) is 0 Å². The fourth-order valence-corrected chi connectivity index (χ4v) is 1.75. The van der Waals surface area contributed by atoms with Crippen molar-refractivity contribution in [2.45, 2.75) is 32.3 Å². The lowest BCUT2D eigenvalue weighted by Crippen LogP contribution is -2.15. The predicted octanol–water partition coefficient (Wildman–Crippen LogP) is 3.12. The van der Waals surface area contributed by atoms with Gasteiger partial charge in [0.05, 0.1) is 11.3 Å². The van der Waals surface area contributed by atoms with Gasteiger partial charge in [-0.3, -0.25) is 4.99 Å². The second kappa shape index (κ2) is 4.22. The highest BCUT2D eigenvalue weighted by atomic mass is 16.3. The average molecular weight is 215 g/mol. The minimum atomic E-state index is -0.775. The molecule has 0 saturated carbocycles. The zero-order valence-corrected chi connectivity index (χ0v) is 9.77. The number of allylic oxidation sites excluding steroid dienone is 1. The number of aliphatic imine (C=N–C) groups is 1. The van der Waals surface area contributed by atoms with Crippen LogP contribution in [0, 0.1) is 0 Å². The van der Waals surface area contributed by atoms with Crippen molar-refractivity contribution in [3.63, 3.8) is 0 Å². The SMILES string of the molecule is CC(C)(O)c1ccc(C2=CCCC=N2)cc1. The number of rotatable bonds is 2. The Bertz CT molecular complexity index is 421. The standard InChI is InChI=1S/C14H17NO/c1-14(2,16)12-8-6-11(7-9-12)13-5-3-4-10-15-13/h5-10,16H,3-4H2,1-2H3. The molecule has 1 aromatic carbocycles. The Morgan fingerprint density at radius 3 is 2.31 bits per heavy atom. The van der Waals surface area contributed by atoms with E-state index in [0.29, 0.717) is 0 Å². The van der Waals surface area contributed by atoms with Crippen LogP contribution < -0.4 is 0 Å². The molecular weight excluding hydrogens is 198 g/mol. The lowest BCUT2D eigenvalue weighted by molar-refractivity contribution is 0.0786. The van der Waals surface area contributed by atoms with Gasteiger partial charge >= 0.3 is 0 Å². The first-order chi connectivity index (χ1) is 7.57. The maximum Gasteiger partial charge on any atom is 0.0840 e. The van der Waals surface area contributed by atoms with Crippen LogP contribution in [0.2, 0.25) is 0 Å². The van der Waals surface area contributed by atoms with Gasteiger partial charge in [-0.25, -0.2) is 0 Å². The number of hydrogen-bond acceptors (Lipinski definition) is 2. The molecule has 16 heavy (non-hydrogen) atoms. The Hall–Kier alpha value is -1.41. The molecule has 0 saturated heterocycles. The highest BCUT2D eigenvalue weighted by molar-refractivity contribution is 5.76. The largest absolute Gasteiger partial charge is 0.386 e. The van der Waals surface area contributed by atoms with Gasteiger partial charge in [-0.2, -0.15) is 0 Å². The summed E-state index contributed by atoms with van der Waals surface area (Å²) in [5.74, 6) is 0. The Kier molecular flexibility index (Phi) is 2.92. The molecule has 0 aliphatic carbocycles. The number of nitrogens with zero attached hydrogens (tertiary/aromatic N) is 1. The van der Waals surface area contributed by atoms with Gasteiger partial charge in [-0.1, -0.05) is 30.3 Å². The van der Waals surface area contributed by atoms with Crippen LogP contribution in [0.5, 0.6) is 0 Å². The third kappa shape index (κ3) is 2.39. The molecule has 0 radical (unpaired) electrons. The van der Waals surface area contributed by atoms with Gasteiger partial charge in [0.2, 0.25) is 0 Å². The van der Waals surface area contributed by atoms with Crippen molar-refractivity contribution >= 4 is 11.9 Å². The third-order valence-electron chi connectivity index (χ3n) is 2.75. The summed E-state index contributed by atoms with van der Waals surface area (Å²) >= 11 is 0. The van der Waals surface area contributed by atoms with E-state index >= 15 is 0 Å². The van der Waals surface area contributed by atoms with E-state index in [1.807, 2.05) is 30.5 Å². The number of hydrogen-bond donors (Lipinski definition) is 1. The third-order valence-corrected chi connectivity index (χ3v) is 2.75. The van der Waals surface area contributed by atoms with Crippen molar-refractivity contribution in [3.8, 4) is 0 Å². The number of benzene rings is 1. The van der Waals surface area contributed by atoms with Crippen molar-refractivity contribution in [2.24, 2.45) is 4.99 Å². The van der Waals surface area contributed by atoms with Gasteiger partial charge < -0.3 is 5.11 Å². The van der Waals surface area contributed by atoms with Crippen LogP contribution in [0.1, 0.15) is 37.8 Å². The molecule has 1 aliphatic heterocycles. The molecule has 0 bridgehead atoms. The van der Waals surface area contributed by atoms with Crippen LogP contribution >= 0.6 is 0 Å². The van der Waals surface area contributed by atoms with Crippen molar-refractivity contribution in [1.29, 1.82) is 0 Å². The molecular formula is C14H17NO. The van der Waals surface area contributed by atoms with Crippen LogP contribution in [-0.4, -0.2) is 11.3 Å². The highest BCUT2D eigenvalue weighted by Gasteiger charge is 2.15. The van der Waals surface area contributed by atoms with E-state index in [2.05, 4.69) is 11.1 Å². The van der Waals surface area contributed by atoms with Crippen LogP contribution in [0.4, 0.5) is 0 Å². The van der Waals surface area contributed by atoms with E-state index in [0.717, 1.165) is 29.7 Å². The average Bonchev–Trinajstić information content (AvgIpc) is 2.29. The molecule has 0 unspecified atom stereocenters. The fraction of sp³-hybridized carbons (Fsp3) is 0.357. The van der Waals surface area contributed by atoms with Gasteiger partial charge in [0, 0.05) is 6.21 Å². The second-order valence-electron chi connectivity index (χ2n) is 4.61. The van der Waals surface area contributed by atoms with Crippen molar-refractivity contribution < 1.29 is 5.11 Å². The molecule has 0 atom stereocenters. The first-order valence-electron chi connectivity index (χ1n) is 5.63. The van der Waals surface area contributed by atoms with Crippen molar-refractivity contribution in [3.05, 3.63) is 41.5 Å². The summed E-state index contributed by atoms with van der Waals surface area (Å²) < 4.78 is 0. The van der Waals surface area contributed by atoms with E-state index in [1.165, 1.54) is 0 Å². The maximum atomic E-state index is 9.85. The smallest absolute Gasteiger partial charge is 0.0840 e. The lowest BCUT2D eigenvalue weighted by atomic mass is 9.96. The summed E-state index contributed by atoms with van der Waals surface area (Å²) in [5.41, 5.74) is 2.30. The topological polar surface area (TPSA) is 32.6 Å². The summed E-state index contributed by atoms with van der Waals surface area (Å²) in [6.45, 7) is 3.58. The summed E-state index contributed by atoms with van der Waals surface area (Å²) in [5, 5.41) is 9.85. The lowest BCUT2D eigenvalue weighted by Gasteiger charge is -2.18. The van der Waals surface area contributed by atoms with Crippen LogP contribution in [0.25, 0.3) is 5.70 Å². The van der Waals surface area contributed by atoms with Crippen LogP contribution in [0.15, 0.2) is 35.3 Å². The fourth-order valence-electron chi connectivity index (χ4n) is 1.75. The predicted molar refractivity (Wildman–Crippen MR) is 67.4 cm³/mol. The molecule has 1 aliphatic rings. The molecule has 1 N–H and O–H groups in total. The quantitative estimate of drug-likeness (QED) is 0.807. The summed E-state index contributed by atoms with van der Waals surface area (Å²) in [6.07, 6.45) is 6.20. The minimum absolute atomic E-state index is 0.775. The zero-order chi connectivity index (χ0) is 11.6. The summed E-state index contributed by atoms with van der Waals surface area (Å²) in [4.78, 5) is 4.37. The Morgan fingerprint density at radius 1 is 1.12 bits per heavy atom. The first kappa shape index (κ1) is 11.1. The monoisotopic (exact) mass is 215 g/mol. The summed E-state index contributed by atoms with van der Waals surface area (Å²) in [6, 6.07) is 7.95. The summed E-state index contributed by atoms with van der Waals surface area (Å²) in [7, 11) is 0. The minimum Gasteiger partial charge on any atom is -0.386 e. The molecule has 0 spiro atoms. The zero-order valence-electron chi connectivity index (χ0n) is 9.77. The van der Waals surface area contributed by atoms with E-state index in [4.69, 9.17) is 0 Å². The maximum absolute atomic E-state index is 9.85. The highest BCUT2D eigenvalue weighted by Crippen LogP contribution is 2.24. The van der Waals surface area contributed by atoms with E-state index in [-0.39, 0.29) is 0 Å². The van der Waals surface area contributed by atoms with Gasteiger partial charge in [0.25, 0.3) is 0 Å². The van der Waals surface area contributed by atoms with Crippen molar-refractivity contribution in [1.82, 2.24) is 0 Å². The molecule has 2 nitrogen and oxygen atoms in total. The number of aliphatic hydroxyl groups is 1. The van der Waals surface area contributed by atoms with E-state index < -0.39 is 5.60 Å². The van der Waals surface area contributed by atoms with E-state index in [1.54, 1.807) is 13.8 Å². The molecule has 84 valence electrons. The Labute approximate surface area is 96.3 Å². The molecule has 0 amide bonds. The Morgan fingerprint density at radius 2 is 1.81 bits per heavy atom. The van der Waals surface area contributed by atoms with Crippen LogP contribution in [-0.2, 0) is 5.60 Å². The van der Waals surface area contributed by atoms with Crippen molar-refractivity contribution in [2.75, 3.05) is 0 Å². The normalized spacial score (nSPS) is 16.1. The molecule has 2 rings (SSSR count). The molecule has 1 aromatic rings. The Balaban J connectivity index is 2.26. The van der Waals surface area contributed by atoms with Gasteiger partial charge in [-0.05, 0) is 37.8 Å². The van der Waals surface area contributed by atoms with Crippen LogP contribution in [0.3, 0.4) is 0 Å². The van der Waals surface area contributed by atoms with Gasteiger partial charge in [-0.15, -0.1) is 0 Å². The first-order valence-corrected chi connectivity index (χ1v) is 5.63. The molecule has 1 heterocycles. The van der Waals surface area contributed by atoms with E-state index in [9.17, 15) is 5.11 Å². The molecule has 0 fully saturated rings. The molecule has 2 heteroatoms. The second-order valence-corrected chi connectivity index (χ2v) is 4.61.